The van der Waals surface area contributed by atoms with Gasteiger partial charge in [-0.15, -0.1) is 0 Å². The summed E-state index contributed by atoms with van der Waals surface area (Å²) in [6, 6.07) is 0. The van der Waals surface area contributed by atoms with Gasteiger partial charge in [0, 0.05) is 19.3 Å². The summed E-state index contributed by atoms with van der Waals surface area (Å²) >= 11 is 0. The van der Waals surface area contributed by atoms with Crippen LogP contribution in [-0.4, -0.2) is 37.2 Å². The fraction of sp³-hybridized carbons (Fsp3) is 0.951. The van der Waals surface area contributed by atoms with E-state index in [1.54, 1.807) is 0 Å². The Kier molecular flexibility index (Phi) is 55.6. The van der Waals surface area contributed by atoms with Crippen LogP contribution in [0.25, 0.3) is 0 Å². The lowest BCUT2D eigenvalue weighted by molar-refractivity contribution is -0.167. The monoisotopic (exact) mass is 947 g/mol. The van der Waals surface area contributed by atoms with Crippen molar-refractivity contribution < 1.29 is 28.6 Å². The maximum Gasteiger partial charge on any atom is 0.306 e. The molecule has 0 saturated heterocycles. The van der Waals surface area contributed by atoms with Gasteiger partial charge in [0.15, 0.2) is 6.10 Å². The van der Waals surface area contributed by atoms with Gasteiger partial charge in [0.1, 0.15) is 13.2 Å². The molecule has 0 aromatic rings. The predicted molar refractivity (Wildman–Crippen MR) is 289 cm³/mol. The normalized spacial score (nSPS) is 11.9. The second-order valence-corrected chi connectivity index (χ2v) is 21.0. The highest BCUT2D eigenvalue weighted by Gasteiger charge is 2.19. The average molecular weight is 948 g/mol. The van der Waals surface area contributed by atoms with Crippen molar-refractivity contribution in [3.63, 3.8) is 0 Å². The molecule has 0 amide bonds. The molecule has 1 atom stereocenters. The molecule has 0 fully saturated rings. The number of unbranched alkanes of at least 4 members (excludes halogenated alkanes) is 46. The minimum absolute atomic E-state index is 0.0624. The summed E-state index contributed by atoms with van der Waals surface area (Å²) in [5.41, 5.74) is 0. The molecule has 0 aliphatic heterocycles. The molecule has 0 heterocycles. The van der Waals surface area contributed by atoms with Gasteiger partial charge in [0.25, 0.3) is 0 Å². The van der Waals surface area contributed by atoms with E-state index in [-0.39, 0.29) is 31.1 Å². The molecule has 0 aliphatic carbocycles. The summed E-state index contributed by atoms with van der Waals surface area (Å²) in [5.74, 6) is -0.848. The Balaban J connectivity index is 3.89. The van der Waals surface area contributed by atoms with Crippen molar-refractivity contribution in [3.05, 3.63) is 0 Å². The summed E-state index contributed by atoms with van der Waals surface area (Å²) < 4.78 is 16.8. The summed E-state index contributed by atoms with van der Waals surface area (Å²) in [5, 5.41) is 0. The van der Waals surface area contributed by atoms with E-state index in [9.17, 15) is 14.4 Å². The lowest BCUT2D eigenvalue weighted by atomic mass is 10.0. The smallest absolute Gasteiger partial charge is 0.306 e. The summed E-state index contributed by atoms with van der Waals surface area (Å²) in [4.78, 5) is 37.8. The summed E-state index contributed by atoms with van der Waals surface area (Å²) in [7, 11) is 0. The molecule has 0 rings (SSSR count). The van der Waals surface area contributed by atoms with Gasteiger partial charge in [0.2, 0.25) is 0 Å². The number of carbonyl (C=O) groups excluding carboxylic acids is 3. The number of ether oxygens (including phenoxy) is 3. The molecule has 1 unspecified atom stereocenters. The minimum atomic E-state index is -0.759. The zero-order valence-corrected chi connectivity index (χ0v) is 45.7. The first-order valence-corrected chi connectivity index (χ1v) is 30.5. The van der Waals surface area contributed by atoms with E-state index in [0.29, 0.717) is 19.3 Å². The van der Waals surface area contributed by atoms with E-state index in [2.05, 4.69) is 20.8 Å². The Labute approximate surface area is 418 Å². The number of hydrogen-bond acceptors (Lipinski definition) is 6. The molecule has 0 bridgehead atoms. The largest absolute Gasteiger partial charge is 0.462 e. The van der Waals surface area contributed by atoms with Gasteiger partial charge in [-0.1, -0.05) is 316 Å². The molecule has 398 valence electrons. The van der Waals surface area contributed by atoms with Crippen LogP contribution in [0.15, 0.2) is 0 Å². The van der Waals surface area contributed by atoms with Crippen LogP contribution in [0, 0.1) is 0 Å². The Hall–Kier alpha value is -1.59. The molecule has 0 radical (unpaired) electrons. The van der Waals surface area contributed by atoms with Crippen LogP contribution in [0.5, 0.6) is 0 Å². The first-order chi connectivity index (χ1) is 33.0. The van der Waals surface area contributed by atoms with Crippen molar-refractivity contribution in [3.8, 4) is 0 Å². The van der Waals surface area contributed by atoms with Gasteiger partial charge >= 0.3 is 17.9 Å². The second kappa shape index (κ2) is 57.0. The molecule has 0 N–H and O–H groups in total. The van der Waals surface area contributed by atoms with Crippen LogP contribution < -0.4 is 0 Å². The van der Waals surface area contributed by atoms with Crippen LogP contribution in [0.2, 0.25) is 0 Å². The van der Waals surface area contributed by atoms with Crippen molar-refractivity contribution in [2.75, 3.05) is 13.2 Å². The van der Waals surface area contributed by atoms with E-state index >= 15 is 0 Å². The average Bonchev–Trinajstić information content (AvgIpc) is 3.33. The molecule has 0 saturated carbocycles. The molecular formula is C61H118O6. The predicted octanol–water partition coefficient (Wildman–Crippen LogP) is 20.3. The van der Waals surface area contributed by atoms with Crippen LogP contribution in [0.4, 0.5) is 0 Å². The fourth-order valence-corrected chi connectivity index (χ4v) is 9.51. The highest BCUT2D eigenvalue weighted by molar-refractivity contribution is 5.71. The third kappa shape index (κ3) is 55.2. The molecule has 0 spiro atoms. The number of rotatable bonds is 57. The molecule has 6 nitrogen and oxygen atoms in total. The fourth-order valence-electron chi connectivity index (χ4n) is 9.51. The quantitative estimate of drug-likeness (QED) is 0.0343. The number of carbonyl (C=O) groups is 3. The topological polar surface area (TPSA) is 78.9 Å². The van der Waals surface area contributed by atoms with Gasteiger partial charge < -0.3 is 14.2 Å². The van der Waals surface area contributed by atoms with Crippen LogP contribution in [0.3, 0.4) is 0 Å². The Bertz CT molecular complexity index is 998. The van der Waals surface area contributed by atoms with Crippen molar-refractivity contribution in [1.29, 1.82) is 0 Å². The number of esters is 3. The molecule has 67 heavy (non-hydrogen) atoms. The standard InChI is InChI=1S/C61H118O6/c1-4-7-10-13-16-18-20-22-23-24-25-26-27-28-29-30-31-32-33-34-35-36-37-38-40-41-43-45-48-51-54-60(63)66-57-58(56-65-59(62)53-50-47-15-12-9-6-3)67-61(64)55-52-49-46-44-42-39-21-19-17-14-11-8-5-2/h58H,4-57H2,1-3H3. The van der Waals surface area contributed by atoms with E-state index in [4.69, 9.17) is 14.2 Å². The maximum absolute atomic E-state index is 12.8. The second-order valence-electron chi connectivity index (χ2n) is 21.0. The Morgan fingerprint density at radius 2 is 0.403 bits per heavy atom. The van der Waals surface area contributed by atoms with Crippen molar-refractivity contribution in [1.82, 2.24) is 0 Å². The molecule has 6 heteroatoms. The summed E-state index contributed by atoms with van der Waals surface area (Å²) in [6.07, 6.45) is 64.5. The van der Waals surface area contributed by atoms with E-state index in [0.717, 1.165) is 57.8 Å². The van der Waals surface area contributed by atoms with Gasteiger partial charge in [-0.3, -0.25) is 14.4 Å². The summed E-state index contributed by atoms with van der Waals surface area (Å²) in [6.45, 7) is 6.64. The van der Waals surface area contributed by atoms with Crippen molar-refractivity contribution in [2.45, 2.75) is 361 Å². The zero-order valence-electron chi connectivity index (χ0n) is 45.7. The SMILES string of the molecule is CCCCCCCCCCCCCCCCCCCCCCCCCCCCCCCCC(=O)OCC(COC(=O)CCCCCCCC)OC(=O)CCCCCCCCCCCCCCC. The maximum atomic E-state index is 12.8. The Morgan fingerprint density at radius 1 is 0.239 bits per heavy atom. The molecule has 0 aromatic carbocycles. The molecular weight excluding hydrogens is 829 g/mol. The van der Waals surface area contributed by atoms with Crippen LogP contribution in [-0.2, 0) is 28.6 Å². The van der Waals surface area contributed by atoms with Crippen molar-refractivity contribution >= 4 is 17.9 Å². The van der Waals surface area contributed by atoms with E-state index in [1.165, 1.54) is 257 Å². The zero-order chi connectivity index (χ0) is 48.6. The first-order valence-electron chi connectivity index (χ1n) is 30.5. The lowest BCUT2D eigenvalue weighted by Crippen LogP contribution is -2.30. The Morgan fingerprint density at radius 3 is 0.597 bits per heavy atom. The first kappa shape index (κ1) is 65.4. The van der Waals surface area contributed by atoms with Gasteiger partial charge in [0.05, 0.1) is 0 Å². The molecule has 0 aliphatic rings. The van der Waals surface area contributed by atoms with Gasteiger partial charge in [-0.25, -0.2) is 0 Å². The van der Waals surface area contributed by atoms with Gasteiger partial charge in [-0.05, 0) is 19.3 Å². The third-order valence-corrected chi connectivity index (χ3v) is 14.1. The lowest BCUT2D eigenvalue weighted by Gasteiger charge is -2.18. The van der Waals surface area contributed by atoms with Crippen LogP contribution in [0.1, 0.15) is 355 Å². The van der Waals surface area contributed by atoms with Crippen LogP contribution >= 0.6 is 0 Å². The highest BCUT2D eigenvalue weighted by Crippen LogP contribution is 2.18. The van der Waals surface area contributed by atoms with Gasteiger partial charge in [-0.2, -0.15) is 0 Å². The minimum Gasteiger partial charge on any atom is -0.462 e. The third-order valence-electron chi connectivity index (χ3n) is 14.1. The number of hydrogen-bond donors (Lipinski definition) is 0. The van der Waals surface area contributed by atoms with E-state index in [1.807, 2.05) is 0 Å². The molecule has 0 aromatic heterocycles. The van der Waals surface area contributed by atoms with Crippen molar-refractivity contribution in [2.24, 2.45) is 0 Å². The van der Waals surface area contributed by atoms with E-state index < -0.39 is 6.10 Å². The highest BCUT2D eigenvalue weighted by atomic mass is 16.6.